The Morgan fingerprint density at radius 1 is 1.09 bits per heavy atom. The van der Waals surface area contributed by atoms with Crippen LogP contribution in [0.15, 0.2) is 54.1 Å². The van der Waals surface area contributed by atoms with Crippen molar-refractivity contribution in [2.75, 3.05) is 32.8 Å². The average molecular weight is 441 g/mol. The van der Waals surface area contributed by atoms with Gasteiger partial charge in [-0.25, -0.2) is 4.39 Å². The number of carbonyl (C=O) groups is 2. The fourth-order valence-corrected chi connectivity index (χ4v) is 3.98. The number of hydrogen-bond donors (Lipinski definition) is 1. The van der Waals surface area contributed by atoms with E-state index in [0.717, 1.165) is 13.1 Å². The lowest BCUT2D eigenvalue weighted by Gasteiger charge is -2.28. The molecule has 0 aliphatic carbocycles. The maximum atomic E-state index is 14.8. The van der Waals surface area contributed by atoms with Gasteiger partial charge in [0.15, 0.2) is 0 Å². The van der Waals surface area contributed by atoms with Gasteiger partial charge in [-0.3, -0.25) is 9.59 Å². The number of aliphatic hydroxyl groups excluding tert-OH is 1. The molecule has 0 saturated carbocycles. The Morgan fingerprint density at radius 2 is 1.81 bits per heavy atom. The van der Waals surface area contributed by atoms with Crippen molar-refractivity contribution in [1.82, 2.24) is 9.80 Å². The van der Waals surface area contributed by atoms with Crippen LogP contribution in [0, 0.1) is 5.82 Å². The number of ketones is 1. The highest BCUT2D eigenvalue weighted by molar-refractivity contribution is 6.46. The number of carbonyl (C=O) groups excluding carboxylic acids is 2. The first-order valence-corrected chi connectivity index (χ1v) is 10.9. The molecule has 1 N–H and O–H groups in total. The third kappa shape index (κ3) is 4.67. The van der Waals surface area contributed by atoms with Gasteiger partial charge < -0.3 is 19.6 Å². The fourth-order valence-electron chi connectivity index (χ4n) is 3.98. The minimum Gasteiger partial charge on any atom is -0.507 e. The molecular weight excluding hydrogens is 411 g/mol. The lowest BCUT2D eigenvalue weighted by Crippen LogP contribution is -2.38. The lowest BCUT2D eigenvalue weighted by atomic mass is 9.95. The summed E-state index contributed by atoms with van der Waals surface area (Å²) in [6.45, 7) is 8.64. The van der Waals surface area contributed by atoms with Crippen molar-refractivity contribution in [3.05, 3.63) is 71.0 Å². The van der Waals surface area contributed by atoms with Gasteiger partial charge in [0.1, 0.15) is 17.3 Å². The van der Waals surface area contributed by atoms with E-state index >= 15 is 0 Å². The maximum absolute atomic E-state index is 14.8. The van der Waals surface area contributed by atoms with Gasteiger partial charge in [0.05, 0.1) is 18.2 Å². The highest BCUT2D eigenvalue weighted by Crippen LogP contribution is 2.40. The first kappa shape index (κ1) is 23.5. The molecule has 32 heavy (non-hydrogen) atoms. The summed E-state index contributed by atoms with van der Waals surface area (Å²) in [6, 6.07) is 11.7. The molecule has 170 valence electrons. The van der Waals surface area contributed by atoms with E-state index < -0.39 is 23.5 Å². The third-order valence-electron chi connectivity index (χ3n) is 5.71. The van der Waals surface area contributed by atoms with Crippen LogP contribution in [-0.2, 0) is 9.59 Å². The summed E-state index contributed by atoms with van der Waals surface area (Å²) in [5.41, 5.74) is 0.390. The Kier molecular flexibility index (Phi) is 7.64. The second kappa shape index (κ2) is 10.4. The van der Waals surface area contributed by atoms with Crippen LogP contribution >= 0.6 is 0 Å². The molecule has 1 atom stereocenters. The molecule has 1 heterocycles. The van der Waals surface area contributed by atoms with Crippen molar-refractivity contribution in [1.29, 1.82) is 0 Å². The van der Waals surface area contributed by atoms with Crippen LogP contribution < -0.4 is 4.74 Å². The van der Waals surface area contributed by atoms with Crippen LogP contribution in [0.25, 0.3) is 5.76 Å². The highest BCUT2D eigenvalue weighted by Gasteiger charge is 2.46. The topological polar surface area (TPSA) is 70.1 Å². The fraction of sp³-hybridized carbons (Fsp3) is 0.360. The number of rotatable bonds is 9. The largest absolute Gasteiger partial charge is 0.507 e. The summed E-state index contributed by atoms with van der Waals surface area (Å²) in [7, 11) is 0. The summed E-state index contributed by atoms with van der Waals surface area (Å²) < 4.78 is 20.3. The quantitative estimate of drug-likeness (QED) is 0.363. The van der Waals surface area contributed by atoms with Crippen molar-refractivity contribution in [2.45, 2.75) is 26.8 Å². The predicted octanol–water partition coefficient (Wildman–Crippen LogP) is 3.99. The number of Topliss-reactive ketones (excluding diaryl/α,β-unsaturated/α-hetero) is 1. The zero-order valence-electron chi connectivity index (χ0n) is 18.7. The van der Waals surface area contributed by atoms with Crippen LogP contribution in [0.2, 0.25) is 0 Å². The Balaban J connectivity index is 2.11. The molecule has 1 fully saturated rings. The average Bonchev–Trinajstić information content (AvgIpc) is 3.05. The minimum atomic E-state index is -1.01. The van der Waals surface area contributed by atoms with Crippen molar-refractivity contribution >= 4 is 17.4 Å². The molecular formula is C25H29FN2O4. The number of hydrogen-bond acceptors (Lipinski definition) is 5. The highest BCUT2D eigenvalue weighted by atomic mass is 19.1. The molecule has 1 aliphatic heterocycles. The van der Waals surface area contributed by atoms with Crippen molar-refractivity contribution in [2.24, 2.45) is 0 Å². The van der Waals surface area contributed by atoms with Gasteiger partial charge in [0.2, 0.25) is 0 Å². The third-order valence-corrected chi connectivity index (χ3v) is 5.71. The number of likely N-dealkylation sites (tertiary alicyclic amines) is 1. The van der Waals surface area contributed by atoms with E-state index in [-0.39, 0.29) is 23.4 Å². The van der Waals surface area contributed by atoms with Crippen LogP contribution in [0.4, 0.5) is 4.39 Å². The van der Waals surface area contributed by atoms with E-state index in [9.17, 15) is 19.1 Å². The molecule has 1 aliphatic rings. The first-order chi connectivity index (χ1) is 15.4. The molecule has 1 amide bonds. The van der Waals surface area contributed by atoms with Gasteiger partial charge in [0.25, 0.3) is 11.7 Å². The molecule has 7 heteroatoms. The van der Waals surface area contributed by atoms with E-state index in [1.807, 2.05) is 20.8 Å². The maximum Gasteiger partial charge on any atom is 0.295 e. The van der Waals surface area contributed by atoms with E-state index in [0.29, 0.717) is 24.5 Å². The molecule has 0 radical (unpaired) electrons. The summed E-state index contributed by atoms with van der Waals surface area (Å²) in [6.07, 6.45) is 0. The van der Waals surface area contributed by atoms with Crippen LogP contribution in [0.5, 0.6) is 5.75 Å². The Hall–Kier alpha value is -3.19. The summed E-state index contributed by atoms with van der Waals surface area (Å²) >= 11 is 0. The van der Waals surface area contributed by atoms with Crippen LogP contribution in [0.1, 0.15) is 37.9 Å². The Bertz CT molecular complexity index is 1020. The Morgan fingerprint density at radius 3 is 2.47 bits per heavy atom. The molecule has 2 aromatic rings. The predicted molar refractivity (Wildman–Crippen MR) is 121 cm³/mol. The number of likely N-dealkylation sites (N-methyl/N-ethyl adjacent to an activating group) is 1. The number of aliphatic hydroxyl groups is 1. The van der Waals surface area contributed by atoms with E-state index in [1.54, 1.807) is 42.5 Å². The molecule has 1 saturated heterocycles. The summed E-state index contributed by atoms with van der Waals surface area (Å²) in [4.78, 5) is 29.5. The smallest absolute Gasteiger partial charge is 0.295 e. The van der Waals surface area contributed by atoms with Crippen molar-refractivity contribution in [3.8, 4) is 5.75 Å². The number of halogens is 1. The lowest BCUT2D eigenvalue weighted by molar-refractivity contribution is -0.140. The van der Waals surface area contributed by atoms with E-state index in [1.165, 1.54) is 11.0 Å². The summed E-state index contributed by atoms with van der Waals surface area (Å²) in [5.74, 6) is -1.93. The zero-order valence-corrected chi connectivity index (χ0v) is 18.7. The van der Waals surface area contributed by atoms with Crippen molar-refractivity contribution < 1.29 is 23.8 Å². The molecule has 6 nitrogen and oxygen atoms in total. The first-order valence-electron chi connectivity index (χ1n) is 10.9. The molecule has 2 aromatic carbocycles. The van der Waals surface area contributed by atoms with Crippen molar-refractivity contribution in [3.63, 3.8) is 0 Å². The van der Waals surface area contributed by atoms with Crippen LogP contribution in [-0.4, -0.2) is 59.4 Å². The number of nitrogens with zero attached hydrogens (tertiary/aromatic N) is 2. The molecule has 0 aromatic heterocycles. The standard InChI is InChI=1S/C25H29FN2O4/c1-4-27(5-2)14-15-28-22(19-12-7-8-13-20(19)26)21(24(30)25(28)31)23(29)17-10-9-11-18(16-17)32-6-3/h7-13,16,22,29H,4-6,14-15H2,1-3H3/b23-21-. The van der Waals surface area contributed by atoms with Crippen LogP contribution in [0.3, 0.4) is 0 Å². The zero-order chi connectivity index (χ0) is 23.3. The molecule has 0 spiro atoms. The second-order valence-electron chi connectivity index (χ2n) is 7.50. The van der Waals surface area contributed by atoms with Gasteiger partial charge >= 0.3 is 0 Å². The molecule has 0 bridgehead atoms. The minimum absolute atomic E-state index is 0.117. The molecule has 3 rings (SSSR count). The van der Waals surface area contributed by atoms with Gasteiger partial charge in [-0.2, -0.15) is 0 Å². The van der Waals surface area contributed by atoms with Gasteiger partial charge in [-0.15, -0.1) is 0 Å². The van der Waals surface area contributed by atoms with Gasteiger partial charge in [-0.05, 0) is 38.2 Å². The number of amides is 1. The van der Waals surface area contributed by atoms with E-state index in [2.05, 4.69) is 4.90 Å². The normalized spacial score (nSPS) is 17.9. The SMILES string of the molecule is CCOc1cccc(/C(O)=C2/C(=O)C(=O)N(CCN(CC)CC)C2c2ccccc2F)c1. The second-order valence-corrected chi connectivity index (χ2v) is 7.50. The van der Waals surface area contributed by atoms with Gasteiger partial charge in [0, 0.05) is 24.2 Å². The summed E-state index contributed by atoms with van der Waals surface area (Å²) in [5, 5.41) is 11.1. The number of benzene rings is 2. The molecule has 1 unspecified atom stereocenters. The van der Waals surface area contributed by atoms with E-state index in [4.69, 9.17) is 4.74 Å². The number of ether oxygens (including phenoxy) is 1. The Labute approximate surface area is 187 Å². The monoisotopic (exact) mass is 440 g/mol. The van der Waals surface area contributed by atoms with Gasteiger partial charge in [-0.1, -0.05) is 44.2 Å².